The van der Waals surface area contributed by atoms with Gasteiger partial charge < -0.3 is 19.5 Å². The molecule has 1 aromatic carbocycles. The Hall–Kier alpha value is -1.75. The molecular formula is C17H25NO4. The molecule has 0 radical (unpaired) electrons. The van der Waals surface area contributed by atoms with Crippen LogP contribution in [0.15, 0.2) is 18.2 Å². The number of amides is 1. The largest absolute Gasteiger partial charge is 0.493 e. The van der Waals surface area contributed by atoms with Crippen LogP contribution >= 0.6 is 0 Å². The number of hydrogen-bond donors (Lipinski definition) is 1. The molecule has 1 aromatic rings. The summed E-state index contributed by atoms with van der Waals surface area (Å²) in [7, 11) is 1.60. The molecule has 5 nitrogen and oxygen atoms in total. The third kappa shape index (κ3) is 4.91. The van der Waals surface area contributed by atoms with Gasteiger partial charge in [0.05, 0.1) is 13.2 Å². The van der Waals surface area contributed by atoms with Gasteiger partial charge in [0, 0.05) is 24.8 Å². The maximum absolute atomic E-state index is 11.9. The molecule has 2 rings (SSSR count). The summed E-state index contributed by atoms with van der Waals surface area (Å²) in [6, 6.07) is 5.41. The van der Waals surface area contributed by atoms with Crippen LogP contribution in [0.4, 0.5) is 5.69 Å². The standard InChI is InChI=1S/C17H25NO4/c1-12(2)9-17(19)18-13-6-7-15(20-3)16(10-13)22-11-14-5-4-8-21-14/h6-7,10,12,14H,4-5,8-9,11H2,1-3H3,(H,18,19)/t14-/m1/s1. The molecule has 0 aliphatic carbocycles. The van der Waals surface area contributed by atoms with E-state index in [-0.39, 0.29) is 12.0 Å². The van der Waals surface area contributed by atoms with Gasteiger partial charge in [0.2, 0.25) is 5.91 Å². The fourth-order valence-corrected chi connectivity index (χ4v) is 2.41. The first-order valence-electron chi connectivity index (χ1n) is 7.80. The van der Waals surface area contributed by atoms with Crippen molar-refractivity contribution in [3.63, 3.8) is 0 Å². The molecule has 0 bridgehead atoms. The number of carbonyl (C=O) groups excluding carboxylic acids is 1. The van der Waals surface area contributed by atoms with Gasteiger partial charge in [-0.15, -0.1) is 0 Å². The highest BCUT2D eigenvalue weighted by Gasteiger charge is 2.17. The Labute approximate surface area is 131 Å². The fourth-order valence-electron chi connectivity index (χ4n) is 2.41. The van der Waals surface area contributed by atoms with Crippen molar-refractivity contribution in [1.29, 1.82) is 0 Å². The van der Waals surface area contributed by atoms with Crippen molar-refractivity contribution in [3.05, 3.63) is 18.2 Å². The van der Waals surface area contributed by atoms with E-state index in [2.05, 4.69) is 5.32 Å². The zero-order valence-corrected chi connectivity index (χ0v) is 13.6. The maximum Gasteiger partial charge on any atom is 0.224 e. The molecule has 1 amide bonds. The van der Waals surface area contributed by atoms with Gasteiger partial charge in [0.15, 0.2) is 11.5 Å². The van der Waals surface area contributed by atoms with Crippen LogP contribution in [-0.2, 0) is 9.53 Å². The van der Waals surface area contributed by atoms with Gasteiger partial charge in [-0.3, -0.25) is 4.79 Å². The minimum atomic E-state index is 0.00485. The lowest BCUT2D eigenvalue weighted by Gasteiger charge is -2.15. The molecule has 1 fully saturated rings. The Kier molecular flexibility index (Phi) is 6.07. The predicted molar refractivity (Wildman–Crippen MR) is 85.5 cm³/mol. The molecule has 1 saturated heterocycles. The van der Waals surface area contributed by atoms with Gasteiger partial charge in [0.25, 0.3) is 0 Å². The first-order chi connectivity index (χ1) is 10.6. The molecule has 5 heteroatoms. The van der Waals surface area contributed by atoms with E-state index >= 15 is 0 Å². The van der Waals surface area contributed by atoms with Gasteiger partial charge in [-0.1, -0.05) is 13.8 Å². The van der Waals surface area contributed by atoms with Gasteiger partial charge >= 0.3 is 0 Å². The van der Waals surface area contributed by atoms with Gasteiger partial charge in [-0.25, -0.2) is 0 Å². The molecular weight excluding hydrogens is 282 g/mol. The summed E-state index contributed by atoms with van der Waals surface area (Å²) in [5.41, 5.74) is 0.716. The van der Waals surface area contributed by atoms with E-state index in [9.17, 15) is 4.79 Å². The monoisotopic (exact) mass is 307 g/mol. The van der Waals surface area contributed by atoms with Crippen LogP contribution < -0.4 is 14.8 Å². The molecule has 1 atom stereocenters. The summed E-state index contributed by atoms with van der Waals surface area (Å²) in [6.07, 6.45) is 2.74. The van der Waals surface area contributed by atoms with E-state index in [1.54, 1.807) is 19.2 Å². The predicted octanol–water partition coefficient (Wildman–Crippen LogP) is 3.24. The van der Waals surface area contributed by atoms with E-state index in [1.165, 1.54) is 0 Å². The second-order valence-electron chi connectivity index (χ2n) is 5.96. The molecule has 1 N–H and O–H groups in total. The lowest BCUT2D eigenvalue weighted by molar-refractivity contribution is -0.116. The highest BCUT2D eigenvalue weighted by Crippen LogP contribution is 2.31. The van der Waals surface area contributed by atoms with Crippen LogP contribution in [0.25, 0.3) is 0 Å². The third-order valence-electron chi connectivity index (χ3n) is 3.49. The summed E-state index contributed by atoms with van der Waals surface area (Å²) in [6.45, 7) is 5.34. The van der Waals surface area contributed by atoms with Gasteiger partial charge in [-0.05, 0) is 30.9 Å². The van der Waals surface area contributed by atoms with Crippen molar-refractivity contribution in [2.24, 2.45) is 5.92 Å². The summed E-state index contributed by atoms with van der Waals surface area (Å²) in [4.78, 5) is 11.9. The van der Waals surface area contributed by atoms with Crippen molar-refractivity contribution in [3.8, 4) is 11.5 Å². The van der Waals surface area contributed by atoms with Gasteiger partial charge in [0.1, 0.15) is 6.61 Å². The Morgan fingerprint density at radius 2 is 2.23 bits per heavy atom. The van der Waals surface area contributed by atoms with Crippen LogP contribution in [0, 0.1) is 5.92 Å². The highest BCUT2D eigenvalue weighted by atomic mass is 16.5. The molecule has 0 spiro atoms. The van der Waals surface area contributed by atoms with E-state index in [4.69, 9.17) is 14.2 Å². The van der Waals surface area contributed by atoms with E-state index < -0.39 is 0 Å². The zero-order valence-electron chi connectivity index (χ0n) is 13.6. The molecule has 0 saturated carbocycles. The number of rotatable bonds is 7. The zero-order chi connectivity index (χ0) is 15.9. The number of methoxy groups -OCH3 is 1. The second-order valence-corrected chi connectivity index (χ2v) is 5.96. The van der Waals surface area contributed by atoms with E-state index in [1.807, 2.05) is 19.9 Å². The number of benzene rings is 1. The Bertz CT molecular complexity index is 495. The number of ether oxygens (including phenoxy) is 3. The first-order valence-corrected chi connectivity index (χ1v) is 7.80. The van der Waals surface area contributed by atoms with Crippen LogP contribution in [0.1, 0.15) is 33.1 Å². The normalized spacial score (nSPS) is 17.5. The van der Waals surface area contributed by atoms with Crippen molar-refractivity contribution < 1.29 is 19.0 Å². The summed E-state index contributed by atoms with van der Waals surface area (Å²) >= 11 is 0. The quantitative estimate of drug-likeness (QED) is 0.840. The van der Waals surface area contributed by atoms with Crippen molar-refractivity contribution in [1.82, 2.24) is 0 Å². The summed E-state index contributed by atoms with van der Waals surface area (Å²) in [5.74, 6) is 1.61. The Morgan fingerprint density at radius 1 is 1.41 bits per heavy atom. The van der Waals surface area contributed by atoms with E-state index in [0.717, 1.165) is 19.4 Å². The van der Waals surface area contributed by atoms with Crippen molar-refractivity contribution >= 4 is 11.6 Å². The molecule has 0 aromatic heterocycles. The number of carbonyl (C=O) groups is 1. The summed E-state index contributed by atoms with van der Waals surface area (Å²) < 4.78 is 16.7. The SMILES string of the molecule is COc1ccc(NC(=O)CC(C)C)cc1OC[C@H]1CCCO1. The molecule has 22 heavy (non-hydrogen) atoms. The van der Waals surface area contributed by atoms with E-state index in [0.29, 0.717) is 36.1 Å². The minimum Gasteiger partial charge on any atom is -0.493 e. The fraction of sp³-hybridized carbons (Fsp3) is 0.588. The first kappa shape index (κ1) is 16.6. The molecule has 1 aliphatic rings. The average Bonchev–Trinajstić information content (AvgIpc) is 2.97. The number of anilines is 1. The summed E-state index contributed by atoms with van der Waals surface area (Å²) in [5, 5.41) is 2.89. The lowest BCUT2D eigenvalue weighted by Crippen LogP contribution is -2.17. The second kappa shape index (κ2) is 8.03. The smallest absolute Gasteiger partial charge is 0.224 e. The number of hydrogen-bond acceptors (Lipinski definition) is 4. The maximum atomic E-state index is 11.9. The highest BCUT2D eigenvalue weighted by molar-refractivity contribution is 5.91. The molecule has 1 heterocycles. The van der Waals surface area contributed by atoms with Crippen molar-refractivity contribution in [2.45, 2.75) is 39.2 Å². The molecule has 122 valence electrons. The van der Waals surface area contributed by atoms with Crippen LogP contribution in [0.3, 0.4) is 0 Å². The molecule has 0 unspecified atom stereocenters. The average molecular weight is 307 g/mol. The molecule has 1 aliphatic heterocycles. The van der Waals surface area contributed by atoms with Crippen LogP contribution in [0.5, 0.6) is 11.5 Å². The number of nitrogens with one attached hydrogen (secondary N) is 1. The third-order valence-corrected chi connectivity index (χ3v) is 3.49. The Balaban J connectivity index is 1.99. The van der Waals surface area contributed by atoms with Crippen LogP contribution in [-0.4, -0.2) is 32.3 Å². The Morgan fingerprint density at radius 3 is 2.86 bits per heavy atom. The lowest BCUT2D eigenvalue weighted by atomic mass is 10.1. The van der Waals surface area contributed by atoms with Gasteiger partial charge in [-0.2, -0.15) is 0 Å². The van der Waals surface area contributed by atoms with Crippen LogP contribution in [0.2, 0.25) is 0 Å². The van der Waals surface area contributed by atoms with Crippen molar-refractivity contribution in [2.75, 3.05) is 25.6 Å². The minimum absolute atomic E-state index is 0.00485. The topological polar surface area (TPSA) is 56.8 Å².